The van der Waals surface area contributed by atoms with Crippen molar-refractivity contribution in [3.05, 3.63) is 73.6 Å². The summed E-state index contributed by atoms with van der Waals surface area (Å²) in [6.45, 7) is 23.9. The topological polar surface area (TPSA) is 0 Å². The van der Waals surface area contributed by atoms with Gasteiger partial charge in [0, 0.05) is 0 Å². The van der Waals surface area contributed by atoms with Gasteiger partial charge in [0.1, 0.15) is 0 Å². The van der Waals surface area contributed by atoms with Gasteiger partial charge in [0.15, 0.2) is 0 Å². The molecule has 0 aliphatic heterocycles. The number of fused-ring (bicyclic) bond motifs is 3. The minimum Gasteiger partial charge on any atom is -1.00 e. The molecule has 0 heterocycles. The van der Waals surface area contributed by atoms with E-state index in [-0.39, 0.29) is 41.1 Å². The first-order valence-corrected chi connectivity index (χ1v) is 18.8. The van der Waals surface area contributed by atoms with Crippen LogP contribution >= 0.6 is 0 Å². The third-order valence-electron chi connectivity index (χ3n) is 9.22. The van der Waals surface area contributed by atoms with Crippen LogP contribution < -0.4 is 28.1 Å². The number of halogens is 2. The molecule has 3 heteroatoms. The van der Waals surface area contributed by atoms with Crippen LogP contribution in [-0.4, -0.2) is 3.21 Å². The number of rotatable bonds is 2. The van der Waals surface area contributed by atoms with Gasteiger partial charge in [-0.25, -0.2) is 0 Å². The summed E-state index contributed by atoms with van der Waals surface area (Å²) >= 11 is -2.29. The van der Waals surface area contributed by atoms with E-state index < -0.39 is 21.3 Å². The molecule has 0 spiro atoms. The van der Waals surface area contributed by atoms with Gasteiger partial charge in [-0.1, -0.05) is 0 Å². The SMILES string of the molecule is CC1C=C(C(C)(C)C)C=[C]1[Zr+2](=[C]1CCCCC1)[c]1cc(C(C)(C)C)cc2c1Cc1ccc(C(C)(C)C)cc1-2.[Cl-].[Cl-]. The molecule has 0 radical (unpaired) electrons. The summed E-state index contributed by atoms with van der Waals surface area (Å²) in [5.74, 6) is 0.582. The number of benzene rings is 2. The van der Waals surface area contributed by atoms with Crippen molar-refractivity contribution in [2.75, 3.05) is 0 Å². The minimum atomic E-state index is -2.29. The molecule has 5 rings (SSSR count). The van der Waals surface area contributed by atoms with Gasteiger partial charge in [0.25, 0.3) is 0 Å². The van der Waals surface area contributed by atoms with Gasteiger partial charge in [-0.3, -0.25) is 0 Å². The van der Waals surface area contributed by atoms with E-state index >= 15 is 0 Å². The van der Waals surface area contributed by atoms with E-state index in [0.29, 0.717) is 5.92 Å². The Balaban J connectivity index is 0.00000220. The Labute approximate surface area is 265 Å². The van der Waals surface area contributed by atoms with Crippen molar-refractivity contribution in [3.8, 4) is 11.1 Å². The van der Waals surface area contributed by atoms with Crippen molar-refractivity contribution in [3.63, 3.8) is 0 Å². The Hall–Kier alpha value is -0.747. The van der Waals surface area contributed by atoms with E-state index in [0.717, 1.165) is 6.42 Å². The Kier molecular flexibility index (Phi) is 10.2. The second kappa shape index (κ2) is 12.1. The number of hydrogen-bond acceptors (Lipinski definition) is 0. The van der Waals surface area contributed by atoms with Crippen LogP contribution in [0.4, 0.5) is 0 Å². The summed E-state index contributed by atoms with van der Waals surface area (Å²) in [6.07, 6.45) is 13.4. The maximum Gasteiger partial charge on any atom is -1.00 e. The predicted molar refractivity (Wildman–Crippen MR) is 165 cm³/mol. The second-order valence-corrected chi connectivity index (χ2v) is 21.7. The molecule has 1 atom stereocenters. The van der Waals surface area contributed by atoms with Crippen LogP contribution in [0.2, 0.25) is 0 Å². The summed E-state index contributed by atoms with van der Waals surface area (Å²) in [6, 6.07) is 12.7. The monoisotopic (exact) mass is 654 g/mol. The number of allylic oxidation sites excluding steroid dienone is 4. The van der Waals surface area contributed by atoms with Crippen molar-refractivity contribution in [1.82, 2.24) is 0 Å². The molecule has 3 aliphatic carbocycles. The van der Waals surface area contributed by atoms with E-state index in [1.54, 1.807) is 22.3 Å². The maximum atomic E-state index is 2.72. The molecule has 2 aromatic rings. The normalized spacial score (nSPS) is 18.5. The molecule has 3 aliphatic rings. The molecule has 0 nitrogen and oxygen atoms in total. The first-order chi connectivity index (χ1) is 17.6. The Bertz CT molecular complexity index is 1360. The largest absolute Gasteiger partial charge is 1.00 e. The molecule has 0 amide bonds. The first kappa shape index (κ1) is 33.8. The summed E-state index contributed by atoms with van der Waals surface area (Å²) in [4.78, 5) is 0. The van der Waals surface area contributed by atoms with Crippen LogP contribution in [-0.2, 0) is 38.5 Å². The molecule has 0 bridgehead atoms. The molecule has 40 heavy (non-hydrogen) atoms. The molecular formula is C37H50Cl2Zr. The van der Waals surface area contributed by atoms with E-state index in [4.69, 9.17) is 0 Å². The Morgan fingerprint density at radius 3 is 1.85 bits per heavy atom. The quantitative estimate of drug-likeness (QED) is 0.395. The zero-order chi connectivity index (χ0) is 27.6. The van der Waals surface area contributed by atoms with Gasteiger partial charge >= 0.3 is 242 Å². The van der Waals surface area contributed by atoms with Crippen LogP contribution in [0.5, 0.6) is 0 Å². The first-order valence-electron chi connectivity index (χ1n) is 15.1. The van der Waals surface area contributed by atoms with Crippen molar-refractivity contribution < 1.29 is 46.1 Å². The Morgan fingerprint density at radius 2 is 1.30 bits per heavy atom. The van der Waals surface area contributed by atoms with Crippen molar-refractivity contribution in [2.45, 2.75) is 119 Å². The average molecular weight is 657 g/mol. The van der Waals surface area contributed by atoms with Crippen molar-refractivity contribution in [2.24, 2.45) is 11.3 Å². The van der Waals surface area contributed by atoms with Crippen LogP contribution in [0.25, 0.3) is 11.1 Å². The zero-order valence-electron chi connectivity index (χ0n) is 26.6. The van der Waals surface area contributed by atoms with E-state index in [1.165, 1.54) is 48.8 Å². The van der Waals surface area contributed by atoms with Crippen LogP contribution in [0, 0.1) is 11.3 Å². The summed E-state index contributed by atoms with van der Waals surface area (Å²) in [5.41, 5.74) is 11.4. The Morgan fingerprint density at radius 1 is 0.700 bits per heavy atom. The fourth-order valence-electron chi connectivity index (χ4n) is 6.65. The molecule has 1 unspecified atom stereocenters. The molecule has 0 N–H and O–H groups in total. The smallest absolute Gasteiger partial charge is 1.00 e. The third-order valence-corrected chi connectivity index (χ3v) is 17.5. The molecule has 216 valence electrons. The maximum absolute atomic E-state index is 2.72. The van der Waals surface area contributed by atoms with E-state index in [9.17, 15) is 0 Å². The van der Waals surface area contributed by atoms with Gasteiger partial charge in [-0.05, 0) is 0 Å². The van der Waals surface area contributed by atoms with Crippen LogP contribution in [0.1, 0.15) is 124 Å². The van der Waals surface area contributed by atoms with Gasteiger partial charge in [-0.2, -0.15) is 0 Å². The fourth-order valence-corrected chi connectivity index (χ4v) is 15.5. The fraction of sp³-hybridized carbons (Fsp3) is 0.541. The van der Waals surface area contributed by atoms with Gasteiger partial charge < -0.3 is 24.8 Å². The zero-order valence-corrected chi connectivity index (χ0v) is 30.6. The third kappa shape index (κ3) is 6.58. The van der Waals surface area contributed by atoms with Gasteiger partial charge in [-0.15, -0.1) is 0 Å². The molecule has 2 aromatic carbocycles. The average Bonchev–Trinajstić information content (AvgIpc) is 3.39. The van der Waals surface area contributed by atoms with E-state index in [2.05, 4.69) is 112 Å². The second-order valence-electron chi connectivity index (χ2n) is 15.4. The van der Waals surface area contributed by atoms with E-state index in [1.807, 2.05) is 9.76 Å². The molecular weight excluding hydrogens is 607 g/mol. The molecule has 0 saturated heterocycles. The van der Waals surface area contributed by atoms with Gasteiger partial charge in [0.2, 0.25) is 0 Å². The van der Waals surface area contributed by atoms with Gasteiger partial charge in [0.05, 0.1) is 0 Å². The molecule has 1 saturated carbocycles. The summed E-state index contributed by atoms with van der Waals surface area (Å²) in [7, 11) is 0. The summed E-state index contributed by atoms with van der Waals surface area (Å²) in [5, 5.41) is 0. The minimum absolute atomic E-state index is 0. The van der Waals surface area contributed by atoms with Crippen molar-refractivity contribution in [1.29, 1.82) is 0 Å². The molecule has 0 aromatic heterocycles. The van der Waals surface area contributed by atoms with Crippen LogP contribution in [0.3, 0.4) is 0 Å². The number of hydrogen-bond donors (Lipinski definition) is 0. The molecule has 1 fully saturated rings. The van der Waals surface area contributed by atoms with Crippen molar-refractivity contribution >= 4 is 6.48 Å². The predicted octanol–water partition coefficient (Wildman–Crippen LogP) is 3.75. The summed E-state index contributed by atoms with van der Waals surface area (Å²) < 4.78 is 5.63. The standard InChI is InChI=1S/C21H25.C10H15.C6H10.2ClH.Zr/c1-20(2,3)16-9-7-14-11-15-8-10-17(21(4,5)6)13-19(15)18(14)12-16;1-8-5-6-9(7-8)10(2,3)4;1-2-4-6-5-3-1;;;/h7,9-10,12-13H,11H2,1-6H3;6-8H,1-4H3;1-5H2;2*1H;/q;;;;;+2/p-2. The van der Waals surface area contributed by atoms with Crippen LogP contribution in [0.15, 0.2) is 51.3 Å².